The summed E-state index contributed by atoms with van der Waals surface area (Å²) in [6.07, 6.45) is 4.31. The Balaban J connectivity index is 2.35. The minimum Gasteiger partial charge on any atom is -0.340 e. The summed E-state index contributed by atoms with van der Waals surface area (Å²) in [6, 6.07) is 0.324. The predicted octanol–water partition coefficient (Wildman–Crippen LogP) is 2.66. The van der Waals surface area contributed by atoms with E-state index >= 15 is 0 Å². The van der Waals surface area contributed by atoms with Crippen LogP contribution in [-0.4, -0.2) is 36.5 Å². The molecule has 0 radical (unpaired) electrons. The summed E-state index contributed by atoms with van der Waals surface area (Å²) in [4.78, 5) is 14.3. The average Bonchev–Trinajstić information content (AvgIpc) is 2.34. The van der Waals surface area contributed by atoms with Crippen molar-refractivity contribution in [2.45, 2.75) is 59.4 Å². The molecule has 1 saturated heterocycles. The molecule has 0 aromatic heterocycles. The number of nitrogens with one attached hydrogen (secondary N) is 1. The van der Waals surface area contributed by atoms with Gasteiger partial charge in [0.15, 0.2) is 0 Å². The number of hydrogen-bond donors (Lipinski definition) is 1. The van der Waals surface area contributed by atoms with Crippen LogP contribution in [0.2, 0.25) is 0 Å². The number of nitrogens with zero attached hydrogens (tertiary/aromatic N) is 1. The smallest absolute Gasteiger partial charge is 0.222 e. The molecular formula is C15H30N2O. The van der Waals surface area contributed by atoms with Gasteiger partial charge in [0.05, 0.1) is 0 Å². The van der Waals surface area contributed by atoms with Crippen LogP contribution in [0.15, 0.2) is 0 Å². The Morgan fingerprint density at radius 2 is 2.06 bits per heavy atom. The molecule has 0 aliphatic carbocycles. The van der Waals surface area contributed by atoms with E-state index in [1.54, 1.807) is 0 Å². The molecule has 106 valence electrons. The van der Waals surface area contributed by atoms with E-state index in [9.17, 15) is 4.79 Å². The van der Waals surface area contributed by atoms with Gasteiger partial charge in [-0.3, -0.25) is 4.79 Å². The minimum absolute atomic E-state index is 0.324. The van der Waals surface area contributed by atoms with Crippen molar-refractivity contribution in [3.63, 3.8) is 0 Å². The molecule has 1 amide bonds. The molecule has 3 heteroatoms. The van der Waals surface area contributed by atoms with Crippen molar-refractivity contribution >= 4 is 5.91 Å². The van der Waals surface area contributed by atoms with Crippen LogP contribution < -0.4 is 5.32 Å². The lowest BCUT2D eigenvalue weighted by molar-refractivity contribution is -0.133. The number of amides is 1. The molecule has 1 unspecified atom stereocenters. The van der Waals surface area contributed by atoms with E-state index in [2.05, 4.69) is 33.0 Å². The van der Waals surface area contributed by atoms with Gasteiger partial charge in [-0.2, -0.15) is 0 Å². The minimum atomic E-state index is 0.324. The van der Waals surface area contributed by atoms with E-state index in [0.717, 1.165) is 32.5 Å². The second-order valence-electron chi connectivity index (χ2n) is 6.28. The average molecular weight is 254 g/mol. The van der Waals surface area contributed by atoms with Crippen LogP contribution in [-0.2, 0) is 4.79 Å². The SMILES string of the molecule is CC(C)CN(C(=O)CCC1CCCNC1)C(C)C. The molecule has 1 heterocycles. The van der Waals surface area contributed by atoms with Gasteiger partial charge in [-0.25, -0.2) is 0 Å². The molecule has 18 heavy (non-hydrogen) atoms. The fourth-order valence-corrected chi connectivity index (χ4v) is 2.64. The number of piperidine rings is 1. The molecule has 1 rings (SSSR count). The van der Waals surface area contributed by atoms with Crippen molar-refractivity contribution < 1.29 is 4.79 Å². The van der Waals surface area contributed by atoms with Gasteiger partial charge in [0.25, 0.3) is 0 Å². The molecule has 1 aliphatic heterocycles. The summed E-state index contributed by atoms with van der Waals surface area (Å²) in [5.74, 6) is 1.59. The topological polar surface area (TPSA) is 32.3 Å². The van der Waals surface area contributed by atoms with Crippen LogP contribution in [0.1, 0.15) is 53.4 Å². The van der Waals surface area contributed by atoms with E-state index in [1.165, 1.54) is 12.8 Å². The van der Waals surface area contributed by atoms with Gasteiger partial charge in [-0.05, 0) is 58.0 Å². The Labute approximate surface area is 112 Å². The molecule has 1 fully saturated rings. The van der Waals surface area contributed by atoms with E-state index in [0.29, 0.717) is 23.8 Å². The van der Waals surface area contributed by atoms with Crippen LogP contribution in [0.4, 0.5) is 0 Å². The maximum atomic E-state index is 12.3. The summed E-state index contributed by atoms with van der Waals surface area (Å²) < 4.78 is 0. The first-order valence-corrected chi connectivity index (χ1v) is 7.51. The second kappa shape index (κ2) is 7.78. The van der Waals surface area contributed by atoms with Gasteiger partial charge in [0.2, 0.25) is 5.91 Å². The van der Waals surface area contributed by atoms with Crippen LogP contribution >= 0.6 is 0 Å². The second-order valence-corrected chi connectivity index (χ2v) is 6.28. The first-order valence-electron chi connectivity index (χ1n) is 7.51. The zero-order valence-electron chi connectivity index (χ0n) is 12.5. The van der Waals surface area contributed by atoms with E-state index in [4.69, 9.17) is 0 Å². The molecule has 1 N–H and O–H groups in total. The Kier molecular flexibility index (Phi) is 6.69. The molecule has 1 aliphatic rings. The van der Waals surface area contributed by atoms with Crippen LogP contribution in [0, 0.1) is 11.8 Å². The van der Waals surface area contributed by atoms with E-state index < -0.39 is 0 Å². The molecule has 0 bridgehead atoms. The largest absolute Gasteiger partial charge is 0.340 e. The Bertz CT molecular complexity index is 245. The molecule has 1 atom stereocenters. The van der Waals surface area contributed by atoms with Gasteiger partial charge in [0.1, 0.15) is 0 Å². The molecule has 0 aromatic carbocycles. The van der Waals surface area contributed by atoms with Crippen LogP contribution in [0.25, 0.3) is 0 Å². The predicted molar refractivity (Wildman–Crippen MR) is 76.5 cm³/mol. The number of carbonyl (C=O) groups is 1. The van der Waals surface area contributed by atoms with Crippen molar-refractivity contribution in [1.29, 1.82) is 0 Å². The third-order valence-corrected chi connectivity index (χ3v) is 3.67. The Hall–Kier alpha value is -0.570. The molecule has 0 spiro atoms. The van der Waals surface area contributed by atoms with Gasteiger partial charge in [-0.1, -0.05) is 13.8 Å². The number of carbonyl (C=O) groups excluding carboxylic acids is 1. The normalized spacial score (nSPS) is 20.4. The highest BCUT2D eigenvalue weighted by atomic mass is 16.2. The summed E-state index contributed by atoms with van der Waals surface area (Å²) in [7, 11) is 0. The highest BCUT2D eigenvalue weighted by Gasteiger charge is 2.20. The van der Waals surface area contributed by atoms with E-state index in [-0.39, 0.29) is 0 Å². The summed E-state index contributed by atoms with van der Waals surface area (Å²) >= 11 is 0. The maximum absolute atomic E-state index is 12.3. The van der Waals surface area contributed by atoms with Crippen molar-refractivity contribution in [3.8, 4) is 0 Å². The highest BCUT2D eigenvalue weighted by molar-refractivity contribution is 5.76. The lowest BCUT2D eigenvalue weighted by Gasteiger charge is -2.30. The van der Waals surface area contributed by atoms with Crippen molar-refractivity contribution in [2.24, 2.45) is 11.8 Å². The number of rotatable bonds is 6. The first-order chi connectivity index (χ1) is 8.50. The molecule has 3 nitrogen and oxygen atoms in total. The lowest BCUT2D eigenvalue weighted by Crippen LogP contribution is -2.40. The van der Waals surface area contributed by atoms with Crippen LogP contribution in [0.5, 0.6) is 0 Å². The molecular weight excluding hydrogens is 224 g/mol. The summed E-state index contributed by atoms with van der Waals surface area (Å²) in [6.45, 7) is 11.7. The fraction of sp³-hybridized carbons (Fsp3) is 0.933. The quantitative estimate of drug-likeness (QED) is 0.790. The van der Waals surface area contributed by atoms with Gasteiger partial charge in [-0.15, -0.1) is 0 Å². The van der Waals surface area contributed by atoms with Crippen LogP contribution in [0.3, 0.4) is 0 Å². The molecule has 0 aromatic rings. The maximum Gasteiger partial charge on any atom is 0.222 e. The first kappa shape index (κ1) is 15.5. The Morgan fingerprint density at radius 3 is 2.56 bits per heavy atom. The zero-order chi connectivity index (χ0) is 13.5. The van der Waals surface area contributed by atoms with Crippen molar-refractivity contribution in [3.05, 3.63) is 0 Å². The van der Waals surface area contributed by atoms with Gasteiger partial charge >= 0.3 is 0 Å². The Morgan fingerprint density at radius 1 is 1.33 bits per heavy atom. The van der Waals surface area contributed by atoms with E-state index in [1.807, 2.05) is 4.90 Å². The zero-order valence-corrected chi connectivity index (χ0v) is 12.5. The summed E-state index contributed by atoms with van der Waals surface area (Å²) in [5.41, 5.74) is 0. The highest BCUT2D eigenvalue weighted by Crippen LogP contribution is 2.17. The van der Waals surface area contributed by atoms with Gasteiger partial charge in [0, 0.05) is 19.0 Å². The van der Waals surface area contributed by atoms with Crippen molar-refractivity contribution in [1.82, 2.24) is 10.2 Å². The fourth-order valence-electron chi connectivity index (χ4n) is 2.64. The number of hydrogen-bond acceptors (Lipinski definition) is 2. The third-order valence-electron chi connectivity index (χ3n) is 3.67. The third kappa shape index (κ3) is 5.38. The summed E-state index contributed by atoms with van der Waals surface area (Å²) in [5, 5.41) is 3.42. The lowest BCUT2D eigenvalue weighted by atomic mass is 9.94. The monoisotopic (exact) mass is 254 g/mol. The van der Waals surface area contributed by atoms with Crippen molar-refractivity contribution in [2.75, 3.05) is 19.6 Å². The molecule has 0 saturated carbocycles. The standard InChI is InChI=1S/C15H30N2O/c1-12(2)11-17(13(3)4)15(18)8-7-14-6-5-9-16-10-14/h12-14,16H,5-11H2,1-4H3. The van der Waals surface area contributed by atoms with Gasteiger partial charge < -0.3 is 10.2 Å².